The van der Waals surface area contributed by atoms with Gasteiger partial charge in [-0.1, -0.05) is 36.4 Å². The van der Waals surface area contributed by atoms with Gasteiger partial charge in [-0.05, 0) is 61.4 Å². The molecule has 0 saturated heterocycles. The van der Waals surface area contributed by atoms with E-state index in [9.17, 15) is 9.59 Å². The van der Waals surface area contributed by atoms with Gasteiger partial charge in [-0.3, -0.25) is 9.59 Å². The first-order valence-corrected chi connectivity index (χ1v) is 10.5. The second-order valence-corrected chi connectivity index (χ2v) is 7.78. The molecule has 2 aromatic heterocycles. The molecule has 32 heavy (non-hydrogen) atoms. The van der Waals surface area contributed by atoms with Crippen LogP contribution in [-0.4, -0.2) is 23.9 Å². The third-order valence-corrected chi connectivity index (χ3v) is 5.91. The molecular formula is C26H22N2O4. The molecule has 4 aromatic rings. The lowest BCUT2D eigenvalue weighted by Gasteiger charge is -2.44. The molecule has 6 nitrogen and oxygen atoms in total. The normalized spacial score (nSPS) is 17.6. The summed E-state index contributed by atoms with van der Waals surface area (Å²) in [5, 5.41) is 0. The van der Waals surface area contributed by atoms with E-state index in [2.05, 4.69) is 0 Å². The van der Waals surface area contributed by atoms with Crippen molar-refractivity contribution in [2.75, 3.05) is 9.80 Å². The van der Waals surface area contributed by atoms with Crippen LogP contribution >= 0.6 is 0 Å². The lowest BCUT2D eigenvalue weighted by molar-refractivity contribution is 0.0913. The van der Waals surface area contributed by atoms with Crippen LogP contribution in [0, 0.1) is 0 Å². The van der Waals surface area contributed by atoms with Crippen molar-refractivity contribution < 1.29 is 18.4 Å². The van der Waals surface area contributed by atoms with E-state index in [1.54, 1.807) is 34.1 Å². The van der Waals surface area contributed by atoms with E-state index in [1.807, 2.05) is 61.5 Å². The summed E-state index contributed by atoms with van der Waals surface area (Å²) >= 11 is 0. The maximum Gasteiger partial charge on any atom is 0.294 e. The Morgan fingerprint density at radius 3 is 2.19 bits per heavy atom. The SMILES string of the molecule is CC1C(N(C(=O)c2ccco2)c2ccccc2)Cc2ccccc2N1C(=O)c1ccco1. The quantitative estimate of drug-likeness (QED) is 0.451. The van der Waals surface area contributed by atoms with E-state index in [0.717, 1.165) is 16.9 Å². The molecule has 5 rings (SSSR count). The summed E-state index contributed by atoms with van der Waals surface area (Å²) in [6.45, 7) is 1.97. The van der Waals surface area contributed by atoms with Gasteiger partial charge in [0.25, 0.3) is 11.8 Å². The Balaban J connectivity index is 1.62. The van der Waals surface area contributed by atoms with Crippen molar-refractivity contribution in [1.29, 1.82) is 0 Å². The van der Waals surface area contributed by atoms with E-state index in [0.29, 0.717) is 6.42 Å². The minimum atomic E-state index is -0.318. The number of carbonyl (C=O) groups is 2. The lowest BCUT2D eigenvalue weighted by atomic mass is 9.89. The molecule has 2 aromatic carbocycles. The summed E-state index contributed by atoms with van der Waals surface area (Å²) in [6, 6.07) is 23.4. The van der Waals surface area contributed by atoms with E-state index < -0.39 is 0 Å². The van der Waals surface area contributed by atoms with Gasteiger partial charge in [0.05, 0.1) is 24.6 Å². The van der Waals surface area contributed by atoms with Crippen LogP contribution < -0.4 is 9.80 Å². The highest BCUT2D eigenvalue weighted by Gasteiger charge is 2.41. The Kier molecular flexibility index (Phi) is 5.11. The molecule has 160 valence electrons. The van der Waals surface area contributed by atoms with E-state index in [4.69, 9.17) is 8.83 Å². The molecule has 2 amide bonds. The molecule has 1 aliphatic rings. The predicted octanol–water partition coefficient (Wildman–Crippen LogP) is 5.18. The monoisotopic (exact) mass is 426 g/mol. The van der Waals surface area contributed by atoms with Crippen LogP contribution in [0.4, 0.5) is 11.4 Å². The third-order valence-electron chi connectivity index (χ3n) is 5.91. The van der Waals surface area contributed by atoms with Crippen LogP contribution in [0.3, 0.4) is 0 Å². The maximum atomic E-state index is 13.6. The number of amides is 2. The maximum absolute atomic E-state index is 13.6. The number of anilines is 2. The molecule has 1 aliphatic heterocycles. The molecule has 0 radical (unpaired) electrons. The van der Waals surface area contributed by atoms with Gasteiger partial charge in [0.15, 0.2) is 11.5 Å². The standard InChI is InChI=1S/C26H22N2O4/c1-18-22(28(20-10-3-2-4-11-20)26(30)24-14-8-16-32-24)17-19-9-5-6-12-21(19)27(18)25(29)23-13-7-15-31-23/h2-16,18,22H,17H2,1H3. The highest BCUT2D eigenvalue weighted by molar-refractivity contribution is 6.07. The van der Waals surface area contributed by atoms with Crippen LogP contribution in [0.5, 0.6) is 0 Å². The molecule has 6 heteroatoms. The summed E-state index contributed by atoms with van der Waals surface area (Å²) in [4.78, 5) is 30.5. The zero-order valence-corrected chi connectivity index (χ0v) is 17.5. The van der Waals surface area contributed by atoms with Crippen LogP contribution in [0.2, 0.25) is 0 Å². The van der Waals surface area contributed by atoms with Crippen molar-refractivity contribution in [3.05, 3.63) is 108 Å². The minimum Gasteiger partial charge on any atom is -0.459 e. The smallest absolute Gasteiger partial charge is 0.294 e. The fourth-order valence-electron chi connectivity index (χ4n) is 4.39. The van der Waals surface area contributed by atoms with Crippen LogP contribution in [-0.2, 0) is 6.42 Å². The summed E-state index contributed by atoms with van der Waals surface area (Å²) < 4.78 is 10.9. The van der Waals surface area contributed by atoms with Crippen molar-refractivity contribution in [2.24, 2.45) is 0 Å². The molecule has 0 aliphatic carbocycles. The summed E-state index contributed by atoms with van der Waals surface area (Å²) in [6.07, 6.45) is 3.57. The Bertz CT molecular complexity index is 1220. The Labute approximate surface area is 185 Å². The zero-order chi connectivity index (χ0) is 22.1. The molecule has 0 fully saturated rings. The molecule has 2 atom stereocenters. The highest BCUT2D eigenvalue weighted by Crippen LogP contribution is 2.36. The van der Waals surface area contributed by atoms with Gasteiger partial charge in [0.2, 0.25) is 0 Å². The zero-order valence-electron chi connectivity index (χ0n) is 17.5. The number of fused-ring (bicyclic) bond motifs is 1. The number of nitrogens with zero attached hydrogens (tertiary/aromatic N) is 2. The fourth-order valence-corrected chi connectivity index (χ4v) is 4.39. The molecule has 0 saturated carbocycles. The molecule has 0 bridgehead atoms. The van der Waals surface area contributed by atoms with Gasteiger partial charge in [0.1, 0.15) is 0 Å². The number of benzene rings is 2. The highest BCUT2D eigenvalue weighted by atomic mass is 16.3. The first-order valence-electron chi connectivity index (χ1n) is 10.5. The van der Waals surface area contributed by atoms with Gasteiger partial charge in [0, 0.05) is 11.4 Å². The van der Waals surface area contributed by atoms with Crippen molar-refractivity contribution in [3.63, 3.8) is 0 Å². The first kappa shape index (κ1) is 19.9. The van der Waals surface area contributed by atoms with Gasteiger partial charge in [-0.25, -0.2) is 0 Å². The van der Waals surface area contributed by atoms with Gasteiger partial charge < -0.3 is 18.6 Å². The van der Waals surface area contributed by atoms with Crippen molar-refractivity contribution in [1.82, 2.24) is 0 Å². The van der Waals surface area contributed by atoms with Crippen LogP contribution in [0.15, 0.2) is 100 Å². The number of furan rings is 2. The van der Waals surface area contributed by atoms with Crippen LogP contribution in [0.25, 0.3) is 0 Å². The summed E-state index contributed by atoms with van der Waals surface area (Å²) in [5.74, 6) is 0.0284. The van der Waals surface area contributed by atoms with Crippen molar-refractivity contribution in [3.8, 4) is 0 Å². The fraction of sp³-hybridized carbons (Fsp3) is 0.154. The number of hydrogen-bond acceptors (Lipinski definition) is 4. The summed E-state index contributed by atoms with van der Waals surface area (Å²) in [7, 11) is 0. The number of rotatable bonds is 4. The van der Waals surface area contributed by atoms with E-state index in [-0.39, 0.29) is 35.4 Å². The summed E-state index contributed by atoms with van der Waals surface area (Å²) in [5.41, 5.74) is 2.57. The molecule has 2 unspecified atom stereocenters. The van der Waals surface area contributed by atoms with E-state index in [1.165, 1.54) is 12.5 Å². The molecule has 3 heterocycles. The van der Waals surface area contributed by atoms with Crippen molar-refractivity contribution >= 4 is 23.2 Å². The molecule has 0 spiro atoms. The number of carbonyl (C=O) groups excluding carboxylic acids is 2. The van der Waals surface area contributed by atoms with Crippen LogP contribution in [0.1, 0.15) is 33.6 Å². The number of hydrogen-bond donors (Lipinski definition) is 0. The topological polar surface area (TPSA) is 66.9 Å². The second-order valence-electron chi connectivity index (χ2n) is 7.78. The third kappa shape index (κ3) is 3.39. The average molecular weight is 426 g/mol. The number of para-hydroxylation sites is 2. The lowest BCUT2D eigenvalue weighted by Crippen LogP contribution is -2.58. The predicted molar refractivity (Wildman–Crippen MR) is 121 cm³/mol. The minimum absolute atomic E-state index is 0.238. The second kappa shape index (κ2) is 8.23. The molecule has 0 N–H and O–H groups in total. The Morgan fingerprint density at radius 1 is 0.844 bits per heavy atom. The first-order chi connectivity index (χ1) is 15.6. The van der Waals surface area contributed by atoms with Gasteiger partial charge >= 0.3 is 0 Å². The average Bonchev–Trinajstić information content (AvgIpc) is 3.55. The van der Waals surface area contributed by atoms with Gasteiger partial charge in [-0.15, -0.1) is 0 Å². The van der Waals surface area contributed by atoms with Gasteiger partial charge in [-0.2, -0.15) is 0 Å². The largest absolute Gasteiger partial charge is 0.459 e. The van der Waals surface area contributed by atoms with E-state index >= 15 is 0 Å². The molecular weight excluding hydrogens is 404 g/mol. The Hall–Kier alpha value is -4.06. The Morgan fingerprint density at radius 2 is 1.50 bits per heavy atom. The van der Waals surface area contributed by atoms with Crippen molar-refractivity contribution in [2.45, 2.75) is 25.4 Å².